The minimum Gasteiger partial charge on any atom is -0.368 e. The van der Waals surface area contributed by atoms with Crippen molar-refractivity contribution in [2.75, 3.05) is 11.1 Å². The van der Waals surface area contributed by atoms with Gasteiger partial charge in [-0.2, -0.15) is 15.0 Å². The first-order valence-electron chi connectivity index (χ1n) is 7.28. The van der Waals surface area contributed by atoms with Gasteiger partial charge in [-0.15, -0.1) is 0 Å². The second-order valence-corrected chi connectivity index (χ2v) is 6.37. The summed E-state index contributed by atoms with van der Waals surface area (Å²) in [6, 6.07) is 0.399. The highest BCUT2D eigenvalue weighted by Crippen LogP contribution is 2.35. The molecule has 7 nitrogen and oxygen atoms in total. The molecule has 1 aliphatic rings. The van der Waals surface area contributed by atoms with Crippen LogP contribution < -0.4 is 11.1 Å². The monoisotopic (exact) mass is 287 g/mol. The first-order valence-corrected chi connectivity index (χ1v) is 7.28. The van der Waals surface area contributed by atoms with Crippen LogP contribution in [0, 0.1) is 5.41 Å². The third-order valence-electron chi connectivity index (χ3n) is 4.05. The Morgan fingerprint density at radius 1 is 1.24 bits per heavy atom. The van der Waals surface area contributed by atoms with Crippen molar-refractivity contribution in [3.8, 4) is 5.95 Å². The highest BCUT2D eigenvalue weighted by molar-refractivity contribution is 5.36. The van der Waals surface area contributed by atoms with Crippen molar-refractivity contribution in [2.45, 2.75) is 45.6 Å². The van der Waals surface area contributed by atoms with Crippen LogP contribution in [0.2, 0.25) is 0 Å². The predicted molar refractivity (Wildman–Crippen MR) is 81.0 cm³/mol. The molecule has 3 N–H and O–H groups in total. The van der Waals surface area contributed by atoms with E-state index in [1.54, 1.807) is 23.3 Å². The van der Waals surface area contributed by atoms with Crippen molar-refractivity contribution < 1.29 is 0 Å². The average molecular weight is 287 g/mol. The Morgan fingerprint density at radius 3 is 2.67 bits per heavy atom. The predicted octanol–water partition coefficient (Wildman–Crippen LogP) is 2.02. The Bertz CT molecular complexity index is 596. The molecule has 0 aromatic carbocycles. The number of aromatic nitrogens is 5. The van der Waals surface area contributed by atoms with E-state index in [1.807, 2.05) is 0 Å². The van der Waals surface area contributed by atoms with Crippen LogP contribution >= 0.6 is 0 Å². The van der Waals surface area contributed by atoms with Crippen LogP contribution in [0.1, 0.15) is 39.5 Å². The zero-order valence-corrected chi connectivity index (χ0v) is 12.5. The molecule has 0 spiro atoms. The molecule has 2 heterocycles. The lowest BCUT2D eigenvalue weighted by atomic mass is 9.76. The molecule has 3 rings (SSSR count). The Labute approximate surface area is 124 Å². The van der Waals surface area contributed by atoms with Crippen LogP contribution in [0.3, 0.4) is 0 Å². The summed E-state index contributed by atoms with van der Waals surface area (Å²) >= 11 is 0. The smallest absolute Gasteiger partial charge is 0.241 e. The van der Waals surface area contributed by atoms with E-state index in [0.717, 1.165) is 12.8 Å². The second-order valence-electron chi connectivity index (χ2n) is 6.37. The molecule has 2 aromatic heterocycles. The summed E-state index contributed by atoms with van der Waals surface area (Å²) in [6.45, 7) is 4.64. The van der Waals surface area contributed by atoms with Gasteiger partial charge in [-0.05, 0) is 31.1 Å². The van der Waals surface area contributed by atoms with E-state index in [0.29, 0.717) is 23.4 Å². The van der Waals surface area contributed by atoms with Crippen LogP contribution in [0.15, 0.2) is 18.7 Å². The largest absolute Gasteiger partial charge is 0.368 e. The Kier molecular flexibility index (Phi) is 3.48. The van der Waals surface area contributed by atoms with Gasteiger partial charge in [-0.3, -0.25) is 4.57 Å². The molecule has 1 saturated carbocycles. The highest BCUT2D eigenvalue weighted by Gasteiger charge is 2.27. The number of anilines is 2. The number of nitrogen functional groups attached to an aromatic ring is 1. The summed E-state index contributed by atoms with van der Waals surface area (Å²) in [5.74, 6) is 1.24. The van der Waals surface area contributed by atoms with Crippen molar-refractivity contribution in [1.82, 2.24) is 24.5 Å². The second kappa shape index (κ2) is 5.31. The number of imidazole rings is 1. The first kappa shape index (κ1) is 13.8. The number of hydrogen-bond donors (Lipinski definition) is 2. The summed E-state index contributed by atoms with van der Waals surface area (Å²) in [6.07, 6.45) is 9.76. The third-order valence-corrected chi connectivity index (χ3v) is 4.05. The van der Waals surface area contributed by atoms with E-state index in [2.05, 4.69) is 39.1 Å². The van der Waals surface area contributed by atoms with Gasteiger partial charge in [0.15, 0.2) is 0 Å². The maximum absolute atomic E-state index is 5.78. The minimum atomic E-state index is 0.215. The fourth-order valence-electron chi connectivity index (χ4n) is 2.66. The van der Waals surface area contributed by atoms with E-state index < -0.39 is 0 Å². The minimum absolute atomic E-state index is 0.215. The SMILES string of the molecule is CC1(C)CCC(Nc2nc(N)nc(-n3ccnc3)n2)CC1. The van der Waals surface area contributed by atoms with Crippen LogP contribution in [-0.2, 0) is 0 Å². The van der Waals surface area contributed by atoms with Crippen LogP contribution in [0.25, 0.3) is 5.95 Å². The standard InChI is InChI=1S/C14H21N7/c1-14(2)5-3-10(4-6-14)17-12-18-11(15)19-13(20-12)21-8-7-16-9-21/h7-10H,3-6H2,1-2H3,(H3,15,17,18,19,20). The van der Waals surface area contributed by atoms with Gasteiger partial charge in [0, 0.05) is 18.4 Å². The maximum Gasteiger partial charge on any atom is 0.241 e. The Hall–Kier alpha value is -2.18. The summed E-state index contributed by atoms with van der Waals surface area (Å²) < 4.78 is 1.72. The molecule has 1 fully saturated rings. The molecular weight excluding hydrogens is 266 g/mol. The van der Waals surface area contributed by atoms with E-state index in [4.69, 9.17) is 5.73 Å². The first-order chi connectivity index (χ1) is 10.0. The van der Waals surface area contributed by atoms with Gasteiger partial charge in [0.05, 0.1) is 0 Å². The lowest BCUT2D eigenvalue weighted by Gasteiger charge is -2.34. The number of nitrogens with one attached hydrogen (secondary N) is 1. The van der Waals surface area contributed by atoms with Crippen LogP contribution in [-0.4, -0.2) is 30.5 Å². The molecule has 0 bridgehead atoms. The summed E-state index contributed by atoms with van der Waals surface area (Å²) in [5, 5.41) is 3.39. The van der Waals surface area contributed by atoms with Crippen molar-refractivity contribution in [2.24, 2.45) is 5.41 Å². The van der Waals surface area contributed by atoms with Crippen molar-refractivity contribution in [1.29, 1.82) is 0 Å². The quantitative estimate of drug-likeness (QED) is 0.896. The van der Waals surface area contributed by atoms with Gasteiger partial charge in [-0.25, -0.2) is 4.98 Å². The lowest BCUT2D eigenvalue weighted by molar-refractivity contribution is 0.232. The Morgan fingerprint density at radius 2 is 2.00 bits per heavy atom. The number of hydrogen-bond acceptors (Lipinski definition) is 6. The van der Waals surface area contributed by atoms with Gasteiger partial charge in [0.2, 0.25) is 17.8 Å². The number of nitrogens with zero attached hydrogens (tertiary/aromatic N) is 5. The molecule has 0 unspecified atom stereocenters. The van der Waals surface area contributed by atoms with Gasteiger partial charge in [-0.1, -0.05) is 13.8 Å². The number of nitrogens with two attached hydrogens (primary N) is 1. The molecule has 21 heavy (non-hydrogen) atoms. The van der Waals surface area contributed by atoms with Crippen LogP contribution in [0.4, 0.5) is 11.9 Å². The molecule has 0 radical (unpaired) electrons. The summed E-state index contributed by atoms with van der Waals surface area (Å²) in [7, 11) is 0. The van der Waals surface area contributed by atoms with E-state index in [1.165, 1.54) is 12.8 Å². The molecule has 112 valence electrons. The van der Waals surface area contributed by atoms with Crippen LogP contribution in [0.5, 0.6) is 0 Å². The van der Waals surface area contributed by atoms with Gasteiger partial charge < -0.3 is 11.1 Å². The van der Waals surface area contributed by atoms with Gasteiger partial charge in [0.1, 0.15) is 6.33 Å². The van der Waals surface area contributed by atoms with Crippen molar-refractivity contribution in [3.05, 3.63) is 18.7 Å². The van der Waals surface area contributed by atoms with Gasteiger partial charge >= 0.3 is 0 Å². The normalized spacial score (nSPS) is 18.6. The molecule has 0 saturated heterocycles. The van der Waals surface area contributed by atoms with E-state index >= 15 is 0 Å². The fraction of sp³-hybridized carbons (Fsp3) is 0.571. The topological polar surface area (TPSA) is 94.5 Å². The summed E-state index contributed by atoms with van der Waals surface area (Å²) in [5.41, 5.74) is 6.22. The number of rotatable bonds is 3. The molecule has 0 amide bonds. The van der Waals surface area contributed by atoms with Crippen molar-refractivity contribution in [3.63, 3.8) is 0 Å². The molecule has 7 heteroatoms. The van der Waals surface area contributed by atoms with E-state index in [9.17, 15) is 0 Å². The van der Waals surface area contributed by atoms with Gasteiger partial charge in [0.25, 0.3) is 0 Å². The lowest BCUT2D eigenvalue weighted by Crippen LogP contribution is -2.30. The molecule has 2 aromatic rings. The van der Waals surface area contributed by atoms with E-state index in [-0.39, 0.29) is 5.95 Å². The Balaban J connectivity index is 1.74. The average Bonchev–Trinajstić information content (AvgIpc) is 2.95. The maximum atomic E-state index is 5.78. The van der Waals surface area contributed by atoms with Crippen molar-refractivity contribution >= 4 is 11.9 Å². The fourth-order valence-corrected chi connectivity index (χ4v) is 2.66. The zero-order chi connectivity index (χ0) is 14.9. The molecule has 0 atom stereocenters. The third kappa shape index (κ3) is 3.29. The molecule has 1 aliphatic carbocycles. The zero-order valence-electron chi connectivity index (χ0n) is 12.5. The molecule has 0 aliphatic heterocycles. The highest BCUT2D eigenvalue weighted by atomic mass is 15.3. The molecular formula is C14H21N7. The summed E-state index contributed by atoms with van der Waals surface area (Å²) in [4.78, 5) is 16.7.